The highest BCUT2D eigenvalue weighted by atomic mass is 16.5. The van der Waals surface area contributed by atoms with E-state index in [0.717, 1.165) is 4.73 Å². The number of hydrogen-bond acceptors (Lipinski definition) is 1. The molecule has 1 aromatic heterocycles. The molecule has 2 nitrogen and oxygen atoms in total. The summed E-state index contributed by atoms with van der Waals surface area (Å²) in [6.45, 7) is 1.88. The Morgan fingerprint density at radius 2 is 2.30 bits per heavy atom. The summed E-state index contributed by atoms with van der Waals surface area (Å²) in [5, 5.41) is 10.9. The normalized spacial score (nSPS) is 10.5. The van der Waals surface area contributed by atoms with Crippen LogP contribution < -0.4 is 4.73 Å². The molecule has 0 amide bonds. The quantitative estimate of drug-likeness (QED) is 0.422. The van der Waals surface area contributed by atoms with Crippen molar-refractivity contribution in [3.63, 3.8) is 0 Å². The average Bonchev–Trinajstić information content (AvgIpc) is 1.94. The lowest BCUT2D eigenvalue weighted by Gasteiger charge is -1.96. The van der Waals surface area contributed by atoms with Gasteiger partial charge < -0.3 is 5.21 Å². The number of allylic oxidation sites excluding steroid dienone is 1. The van der Waals surface area contributed by atoms with Crippen LogP contribution in [-0.4, -0.2) is 0 Å². The Hall–Kier alpha value is -1.31. The van der Waals surface area contributed by atoms with Crippen molar-refractivity contribution in [1.29, 1.82) is 0 Å². The molecule has 0 atom stereocenters. The SMILES string of the molecule is C/C=C\c1cccc[n+]1[O-]. The first kappa shape index (κ1) is 6.81. The average molecular weight is 135 g/mol. The van der Waals surface area contributed by atoms with E-state index in [2.05, 4.69) is 0 Å². The van der Waals surface area contributed by atoms with E-state index in [1.54, 1.807) is 18.2 Å². The molecule has 0 saturated heterocycles. The molecule has 0 spiro atoms. The number of aromatic nitrogens is 1. The topological polar surface area (TPSA) is 26.9 Å². The maximum atomic E-state index is 10.9. The second-order valence-electron chi connectivity index (χ2n) is 1.95. The molecule has 0 N–H and O–H groups in total. The Labute approximate surface area is 60.0 Å². The minimum absolute atomic E-state index is 0.671. The predicted molar refractivity (Wildman–Crippen MR) is 40.1 cm³/mol. The van der Waals surface area contributed by atoms with Crippen LogP contribution in [0.25, 0.3) is 6.08 Å². The molecular weight excluding hydrogens is 126 g/mol. The summed E-state index contributed by atoms with van der Waals surface area (Å²) in [4.78, 5) is 0. The van der Waals surface area contributed by atoms with Gasteiger partial charge in [-0.1, -0.05) is 6.08 Å². The third-order valence-corrected chi connectivity index (χ3v) is 1.19. The van der Waals surface area contributed by atoms with E-state index >= 15 is 0 Å². The van der Waals surface area contributed by atoms with Crippen LogP contribution in [0.1, 0.15) is 12.6 Å². The zero-order chi connectivity index (χ0) is 7.40. The third kappa shape index (κ3) is 1.35. The van der Waals surface area contributed by atoms with Crippen molar-refractivity contribution in [2.45, 2.75) is 6.92 Å². The fourth-order valence-corrected chi connectivity index (χ4v) is 0.741. The van der Waals surface area contributed by atoms with Crippen LogP contribution in [0.3, 0.4) is 0 Å². The first-order chi connectivity index (χ1) is 4.84. The van der Waals surface area contributed by atoms with Crippen molar-refractivity contribution in [2.24, 2.45) is 0 Å². The van der Waals surface area contributed by atoms with E-state index in [1.165, 1.54) is 6.20 Å². The van der Waals surface area contributed by atoms with Crippen LogP contribution in [0.4, 0.5) is 0 Å². The van der Waals surface area contributed by atoms with E-state index < -0.39 is 0 Å². The van der Waals surface area contributed by atoms with Crippen molar-refractivity contribution >= 4 is 6.08 Å². The zero-order valence-electron chi connectivity index (χ0n) is 5.82. The Morgan fingerprint density at radius 1 is 1.50 bits per heavy atom. The van der Waals surface area contributed by atoms with E-state index in [-0.39, 0.29) is 0 Å². The van der Waals surface area contributed by atoms with Gasteiger partial charge in [-0.25, -0.2) is 0 Å². The second-order valence-corrected chi connectivity index (χ2v) is 1.95. The van der Waals surface area contributed by atoms with Gasteiger partial charge in [0, 0.05) is 18.2 Å². The van der Waals surface area contributed by atoms with E-state index in [9.17, 15) is 5.21 Å². The number of rotatable bonds is 1. The van der Waals surface area contributed by atoms with E-state index in [4.69, 9.17) is 0 Å². The minimum Gasteiger partial charge on any atom is -0.618 e. The standard InChI is InChI=1S/C8H9NO/c1-2-5-8-6-3-4-7-9(8)10/h2-7H,1H3/b5-2-. The summed E-state index contributed by atoms with van der Waals surface area (Å²) in [7, 11) is 0. The highest BCUT2D eigenvalue weighted by Crippen LogP contribution is 1.92. The molecular formula is C8H9NO. The summed E-state index contributed by atoms with van der Waals surface area (Å²) in [6.07, 6.45) is 5.09. The lowest BCUT2D eigenvalue weighted by Crippen LogP contribution is -2.28. The van der Waals surface area contributed by atoms with Gasteiger partial charge in [-0.2, -0.15) is 4.73 Å². The minimum atomic E-state index is 0.671. The molecule has 52 valence electrons. The van der Waals surface area contributed by atoms with Crippen LogP contribution >= 0.6 is 0 Å². The van der Waals surface area contributed by atoms with Gasteiger partial charge in [0.1, 0.15) is 0 Å². The molecule has 1 heterocycles. The fourth-order valence-electron chi connectivity index (χ4n) is 0.741. The van der Waals surface area contributed by atoms with Crippen LogP contribution in [-0.2, 0) is 0 Å². The van der Waals surface area contributed by atoms with Crippen molar-refractivity contribution in [3.8, 4) is 0 Å². The Balaban J connectivity index is 3.03. The molecule has 0 aliphatic rings. The van der Waals surface area contributed by atoms with Gasteiger partial charge in [0.15, 0.2) is 6.20 Å². The van der Waals surface area contributed by atoms with E-state index in [0.29, 0.717) is 5.69 Å². The van der Waals surface area contributed by atoms with E-state index in [1.807, 2.05) is 19.1 Å². The van der Waals surface area contributed by atoms with Crippen LogP contribution in [0, 0.1) is 5.21 Å². The molecule has 0 unspecified atom stereocenters. The monoisotopic (exact) mass is 135 g/mol. The van der Waals surface area contributed by atoms with Gasteiger partial charge in [0.05, 0.1) is 0 Å². The summed E-state index contributed by atoms with van der Waals surface area (Å²) in [5.41, 5.74) is 0.671. The predicted octanol–water partition coefficient (Wildman–Crippen LogP) is 1.35. The third-order valence-electron chi connectivity index (χ3n) is 1.19. The Bertz CT molecular complexity index is 243. The highest BCUT2D eigenvalue weighted by molar-refractivity contribution is 5.40. The largest absolute Gasteiger partial charge is 0.618 e. The van der Waals surface area contributed by atoms with Gasteiger partial charge in [-0.05, 0) is 13.0 Å². The fraction of sp³-hybridized carbons (Fsp3) is 0.125. The molecule has 0 aliphatic heterocycles. The lowest BCUT2D eigenvalue weighted by atomic mass is 10.3. The van der Waals surface area contributed by atoms with Crippen molar-refractivity contribution in [1.82, 2.24) is 0 Å². The van der Waals surface area contributed by atoms with Crippen molar-refractivity contribution < 1.29 is 4.73 Å². The van der Waals surface area contributed by atoms with Gasteiger partial charge in [0.25, 0.3) is 0 Å². The van der Waals surface area contributed by atoms with Crippen LogP contribution in [0.2, 0.25) is 0 Å². The molecule has 2 heteroatoms. The molecule has 1 rings (SSSR count). The van der Waals surface area contributed by atoms with Gasteiger partial charge in [-0.15, -0.1) is 0 Å². The number of pyridine rings is 1. The lowest BCUT2D eigenvalue weighted by molar-refractivity contribution is -0.607. The zero-order valence-corrected chi connectivity index (χ0v) is 5.82. The summed E-state index contributed by atoms with van der Waals surface area (Å²) in [6, 6.07) is 5.32. The van der Waals surface area contributed by atoms with Gasteiger partial charge in [-0.3, -0.25) is 0 Å². The van der Waals surface area contributed by atoms with Crippen molar-refractivity contribution in [2.75, 3.05) is 0 Å². The summed E-state index contributed by atoms with van der Waals surface area (Å²) in [5.74, 6) is 0. The molecule has 0 aliphatic carbocycles. The maximum absolute atomic E-state index is 10.9. The second kappa shape index (κ2) is 3.01. The molecule has 1 aromatic rings. The molecule has 0 aromatic carbocycles. The summed E-state index contributed by atoms with van der Waals surface area (Å²) >= 11 is 0. The van der Waals surface area contributed by atoms with Crippen LogP contribution in [0.5, 0.6) is 0 Å². The maximum Gasteiger partial charge on any atom is 0.216 e. The molecule has 0 saturated carbocycles. The summed E-state index contributed by atoms with van der Waals surface area (Å²) < 4.78 is 0.833. The first-order valence-corrected chi connectivity index (χ1v) is 3.15. The Morgan fingerprint density at radius 3 is 2.90 bits per heavy atom. The molecule has 0 bridgehead atoms. The number of nitrogens with zero attached hydrogens (tertiary/aromatic N) is 1. The highest BCUT2D eigenvalue weighted by Gasteiger charge is 1.93. The smallest absolute Gasteiger partial charge is 0.216 e. The number of hydrogen-bond donors (Lipinski definition) is 0. The Kier molecular flexibility index (Phi) is 2.05. The van der Waals surface area contributed by atoms with Gasteiger partial charge >= 0.3 is 0 Å². The molecule has 0 fully saturated rings. The molecule has 10 heavy (non-hydrogen) atoms. The molecule has 0 radical (unpaired) electrons. The first-order valence-electron chi connectivity index (χ1n) is 3.15. The van der Waals surface area contributed by atoms with Crippen LogP contribution in [0.15, 0.2) is 30.5 Å². The van der Waals surface area contributed by atoms with Crippen molar-refractivity contribution in [3.05, 3.63) is 41.4 Å². The van der Waals surface area contributed by atoms with Gasteiger partial charge in [0.2, 0.25) is 5.69 Å².